The van der Waals surface area contributed by atoms with Crippen LogP contribution in [-0.2, 0) is 6.18 Å². The van der Waals surface area contributed by atoms with E-state index in [2.05, 4.69) is 25.6 Å². The van der Waals surface area contributed by atoms with Crippen molar-refractivity contribution in [2.24, 2.45) is 5.73 Å². The Kier molecular flexibility index (Phi) is 6.13. The zero-order chi connectivity index (χ0) is 19.2. The number of anilines is 3. The number of aromatic nitrogens is 3. The number of nitrogens with two attached hydrogens (primary N) is 1. The summed E-state index contributed by atoms with van der Waals surface area (Å²) in [5, 5.41) is 14.2. The highest BCUT2D eigenvalue weighted by Gasteiger charge is 2.35. The predicted octanol–water partition coefficient (Wildman–Crippen LogP) is 2.27. The standard InChI is InChI=1S/C15H16F3N7O/c1-21-13-10(15(16,17)18)8-23-14(25-13)24-9-5-12(26-4-2-3-19)11(6-20)22-7-9/h5,7-8H,2-4,19H2,1H3,(H2,21,23,24,25). The van der Waals surface area contributed by atoms with Crippen LogP contribution in [0.3, 0.4) is 0 Å². The Bertz CT molecular complexity index is 805. The van der Waals surface area contributed by atoms with E-state index in [-0.39, 0.29) is 23.2 Å². The number of alkyl halides is 3. The first-order chi connectivity index (χ1) is 12.4. The highest BCUT2D eigenvalue weighted by atomic mass is 19.4. The minimum Gasteiger partial charge on any atom is -0.490 e. The fourth-order valence-corrected chi connectivity index (χ4v) is 1.94. The lowest BCUT2D eigenvalue weighted by atomic mass is 10.3. The van der Waals surface area contributed by atoms with Crippen LogP contribution in [0.25, 0.3) is 0 Å². The highest BCUT2D eigenvalue weighted by molar-refractivity contribution is 5.59. The van der Waals surface area contributed by atoms with E-state index < -0.39 is 11.7 Å². The molecule has 2 aromatic rings. The molecule has 0 saturated heterocycles. The van der Waals surface area contributed by atoms with E-state index in [9.17, 15) is 13.2 Å². The molecule has 2 heterocycles. The molecular formula is C15H16F3N7O. The van der Waals surface area contributed by atoms with E-state index >= 15 is 0 Å². The van der Waals surface area contributed by atoms with Crippen LogP contribution in [0.4, 0.5) is 30.6 Å². The number of nitriles is 1. The molecule has 0 saturated carbocycles. The molecule has 2 aromatic heterocycles. The third kappa shape index (κ3) is 4.70. The van der Waals surface area contributed by atoms with Gasteiger partial charge in [-0.2, -0.15) is 23.4 Å². The van der Waals surface area contributed by atoms with E-state index in [1.807, 2.05) is 6.07 Å². The number of nitrogens with zero attached hydrogens (tertiary/aromatic N) is 4. The smallest absolute Gasteiger partial charge is 0.421 e. The molecule has 8 nitrogen and oxygen atoms in total. The van der Waals surface area contributed by atoms with Gasteiger partial charge in [-0.25, -0.2) is 9.97 Å². The van der Waals surface area contributed by atoms with Crippen molar-refractivity contribution in [3.05, 3.63) is 29.7 Å². The number of halogens is 3. The van der Waals surface area contributed by atoms with Gasteiger partial charge < -0.3 is 21.1 Å². The summed E-state index contributed by atoms with van der Waals surface area (Å²) in [7, 11) is 1.33. The van der Waals surface area contributed by atoms with Crippen molar-refractivity contribution in [1.29, 1.82) is 5.26 Å². The van der Waals surface area contributed by atoms with E-state index in [0.29, 0.717) is 31.5 Å². The Morgan fingerprint density at radius 3 is 2.69 bits per heavy atom. The molecule has 0 fully saturated rings. The summed E-state index contributed by atoms with van der Waals surface area (Å²) in [6.45, 7) is 0.733. The molecule has 0 amide bonds. The first-order valence-electron chi connectivity index (χ1n) is 7.51. The first kappa shape index (κ1) is 19.2. The van der Waals surface area contributed by atoms with Crippen molar-refractivity contribution >= 4 is 17.5 Å². The van der Waals surface area contributed by atoms with Crippen LogP contribution in [0.2, 0.25) is 0 Å². The van der Waals surface area contributed by atoms with Gasteiger partial charge in [0.15, 0.2) is 11.4 Å². The molecule has 0 aliphatic heterocycles. The van der Waals surface area contributed by atoms with E-state index in [1.165, 1.54) is 19.3 Å². The summed E-state index contributed by atoms with van der Waals surface area (Å²) in [5.41, 5.74) is 4.85. The van der Waals surface area contributed by atoms with Gasteiger partial charge in [0.05, 0.1) is 18.5 Å². The second-order valence-corrected chi connectivity index (χ2v) is 5.00. The topological polar surface area (TPSA) is 122 Å². The fourth-order valence-electron chi connectivity index (χ4n) is 1.94. The molecule has 26 heavy (non-hydrogen) atoms. The van der Waals surface area contributed by atoms with Gasteiger partial charge in [0.25, 0.3) is 0 Å². The Balaban J connectivity index is 2.25. The second-order valence-electron chi connectivity index (χ2n) is 5.00. The minimum absolute atomic E-state index is 0.0678. The van der Waals surface area contributed by atoms with E-state index in [4.69, 9.17) is 15.7 Å². The predicted molar refractivity (Wildman–Crippen MR) is 88.0 cm³/mol. The van der Waals surface area contributed by atoms with Crippen molar-refractivity contribution in [3.63, 3.8) is 0 Å². The Morgan fingerprint density at radius 1 is 1.31 bits per heavy atom. The molecule has 0 atom stereocenters. The SMILES string of the molecule is CNc1nc(Nc2cnc(C#N)c(OCCCN)c2)ncc1C(F)(F)F. The fraction of sp³-hybridized carbons (Fsp3) is 0.333. The lowest BCUT2D eigenvalue weighted by Crippen LogP contribution is -2.12. The normalized spacial score (nSPS) is 10.9. The Hall–Kier alpha value is -3.13. The molecule has 0 aliphatic carbocycles. The molecule has 0 bridgehead atoms. The number of hydrogen-bond acceptors (Lipinski definition) is 8. The maximum atomic E-state index is 12.9. The third-order valence-corrected chi connectivity index (χ3v) is 3.15. The monoisotopic (exact) mass is 367 g/mol. The van der Waals surface area contributed by atoms with Gasteiger partial charge in [0.1, 0.15) is 17.5 Å². The Labute approximate surface area is 147 Å². The summed E-state index contributed by atoms with van der Waals surface area (Å²) >= 11 is 0. The van der Waals surface area contributed by atoms with Gasteiger partial charge in [-0.05, 0) is 13.0 Å². The second kappa shape index (κ2) is 8.30. The lowest BCUT2D eigenvalue weighted by Gasteiger charge is -2.13. The number of hydrogen-bond donors (Lipinski definition) is 3. The molecule has 138 valence electrons. The zero-order valence-electron chi connectivity index (χ0n) is 13.8. The summed E-state index contributed by atoms with van der Waals surface area (Å²) in [6.07, 6.45) is -1.97. The molecular weight excluding hydrogens is 351 g/mol. The molecule has 0 aromatic carbocycles. The van der Waals surface area contributed by atoms with Crippen LogP contribution in [-0.4, -0.2) is 35.2 Å². The van der Waals surface area contributed by atoms with Crippen LogP contribution in [0.5, 0.6) is 5.75 Å². The van der Waals surface area contributed by atoms with Crippen LogP contribution in [0.1, 0.15) is 17.7 Å². The van der Waals surface area contributed by atoms with Gasteiger partial charge in [-0.3, -0.25) is 0 Å². The van der Waals surface area contributed by atoms with Crippen LogP contribution < -0.4 is 21.1 Å². The Morgan fingerprint density at radius 2 is 2.08 bits per heavy atom. The number of ether oxygens (including phenoxy) is 1. The molecule has 11 heteroatoms. The first-order valence-corrected chi connectivity index (χ1v) is 7.51. The number of nitrogens with one attached hydrogen (secondary N) is 2. The summed E-state index contributed by atoms with van der Waals surface area (Å²) in [4.78, 5) is 11.4. The summed E-state index contributed by atoms with van der Waals surface area (Å²) in [6, 6.07) is 3.38. The van der Waals surface area contributed by atoms with Crippen LogP contribution in [0.15, 0.2) is 18.5 Å². The quantitative estimate of drug-likeness (QED) is 0.637. The van der Waals surface area contributed by atoms with Crippen molar-refractivity contribution < 1.29 is 17.9 Å². The maximum absolute atomic E-state index is 12.9. The summed E-state index contributed by atoms with van der Waals surface area (Å²) in [5.74, 6) is -0.204. The van der Waals surface area contributed by atoms with Gasteiger partial charge in [0, 0.05) is 19.3 Å². The molecule has 2 rings (SSSR count). The van der Waals surface area contributed by atoms with Crippen molar-refractivity contribution in [3.8, 4) is 11.8 Å². The van der Waals surface area contributed by atoms with Gasteiger partial charge >= 0.3 is 6.18 Å². The van der Waals surface area contributed by atoms with Crippen LogP contribution in [0, 0.1) is 11.3 Å². The van der Waals surface area contributed by atoms with E-state index in [1.54, 1.807) is 0 Å². The van der Waals surface area contributed by atoms with Crippen molar-refractivity contribution in [2.45, 2.75) is 12.6 Å². The molecule has 4 N–H and O–H groups in total. The molecule has 0 unspecified atom stereocenters. The summed E-state index contributed by atoms with van der Waals surface area (Å²) < 4.78 is 44.1. The molecule has 0 spiro atoms. The van der Waals surface area contributed by atoms with Crippen molar-refractivity contribution in [2.75, 3.05) is 30.8 Å². The van der Waals surface area contributed by atoms with Crippen LogP contribution >= 0.6 is 0 Å². The molecule has 0 radical (unpaired) electrons. The average Bonchev–Trinajstić information content (AvgIpc) is 2.61. The minimum atomic E-state index is -4.57. The number of pyridine rings is 1. The highest BCUT2D eigenvalue weighted by Crippen LogP contribution is 2.34. The number of rotatable bonds is 7. The zero-order valence-corrected chi connectivity index (χ0v) is 13.8. The van der Waals surface area contributed by atoms with Gasteiger partial charge in [-0.15, -0.1) is 0 Å². The van der Waals surface area contributed by atoms with Gasteiger partial charge in [0.2, 0.25) is 5.95 Å². The molecule has 0 aliphatic rings. The lowest BCUT2D eigenvalue weighted by molar-refractivity contribution is -0.137. The average molecular weight is 367 g/mol. The van der Waals surface area contributed by atoms with E-state index in [0.717, 1.165) is 0 Å². The third-order valence-electron chi connectivity index (χ3n) is 3.15. The van der Waals surface area contributed by atoms with Gasteiger partial charge in [-0.1, -0.05) is 0 Å². The largest absolute Gasteiger partial charge is 0.490 e. The maximum Gasteiger partial charge on any atom is 0.421 e. The van der Waals surface area contributed by atoms with Crippen molar-refractivity contribution in [1.82, 2.24) is 15.0 Å².